The number of benzene rings is 4. The highest BCUT2D eigenvalue weighted by molar-refractivity contribution is 5.87. The molecule has 0 saturated carbocycles. The highest BCUT2D eigenvalue weighted by atomic mass is 16.6. The molecule has 0 saturated heterocycles. The first-order valence-corrected chi connectivity index (χ1v) is 21.1. The quantitative estimate of drug-likeness (QED) is 0.0130. The van der Waals surface area contributed by atoms with Gasteiger partial charge in [-0.1, -0.05) is 48.5 Å². The van der Waals surface area contributed by atoms with Crippen LogP contribution in [0.5, 0.6) is 11.5 Å². The summed E-state index contributed by atoms with van der Waals surface area (Å²) in [4.78, 5) is 70.8. The molecule has 0 aliphatic carbocycles. The number of unbranched alkanes of at least 4 members (excludes halogenated alkanes) is 4. The van der Waals surface area contributed by atoms with Crippen molar-refractivity contribution in [3.63, 3.8) is 0 Å². The lowest BCUT2D eigenvalue weighted by Crippen LogP contribution is -2.39. The number of nitro groups is 2. The van der Waals surface area contributed by atoms with Gasteiger partial charge in [0.2, 0.25) is 0 Å². The first-order valence-electron chi connectivity index (χ1n) is 21.1. The van der Waals surface area contributed by atoms with Crippen LogP contribution in [0, 0.1) is 25.6 Å². The molecular weight excluding hydrogens is 841 g/mol. The van der Waals surface area contributed by atoms with Crippen LogP contribution in [0.15, 0.2) is 109 Å². The summed E-state index contributed by atoms with van der Waals surface area (Å²) in [6.45, 7) is 0.517. The van der Waals surface area contributed by atoms with E-state index >= 15 is 0 Å². The van der Waals surface area contributed by atoms with Crippen LogP contribution in [-0.2, 0) is 51.0 Å². The standard InChI is InChI=1S/C49H54N2O14/c1-60-45(52)29-19-37-15-25-43(26-16-37)62-31-7-3-5-9-47(54)64-35-49(33-39-11-21-41(22-12-39)50(56)57,34-40-13-23-42(24-14-40)51(58)59)36-65-48(55)10-6-4-8-32-63-44-27-17-38(18-28-44)20-30-46(53)61-2/h11-30H,3-10,31-36H2,1-2H3/b29-19+,30-20+. The number of ether oxygens (including phenoxy) is 6. The molecular formula is C49H54N2O14. The molecule has 4 aromatic carbocycles. The van der Waals surface area contributed by atoms with Crippen LogP contribution in [0.3, 0.4) is 0 Å². The largest absolute Gasteiger partial charge is 0.494 e. The molecule has 0 fully saturated rings. The van der Waals surface area contributed by atoms with Crippen molar-refractivity contribution in [3.05, 3.63) is 152 Å². The number of carbonyl (C=O) groups is 4. The number of rotatable bonds is 28. The van der Waals surface area contributed by atoms with Crippen molar-refractivity contribution < 1.29 is 57.4 Å². The molecule has 0 bridgehead atoms. The highest BCUT2D eigenvalue weighted by Gasteiger charge is 2.35. The lowest BCUT2D eigenvalue weighted by molar-refractivity contribution is -0.385. The van der Waals surface area contributed by atoms with Gasteiger partial charge in [-0.2, -0.15) is 0 Å². The van der Waals surface area contributed by atoms with E-state index in [9.17, 15) is 39.4 Å². The third-order valence-electron chi connectivity index (χ3n) is 10.1. The Morgan fingerprint density at radius 2 is 0.892 bits per heavy atom. The maximum Gasteiger partial charge on any atom is 0.330 e. The fourth-order valence-corrected chi connectivity index (χ4v) is 6.55. The van der Waals surface area contributed by atoms with Crippen LogP contribution in [0.2, 0.25) is 0 Å². The number of nitro benzene ring substituents is 2. The molecule has 16 heteroatoms. The minimum atomic E-state index is -1.05. The lowest BCUT2D eigenvalue weighted by atomic mass is 9.77. The minimum Gasteiger partial charge on any atom is -0.494 e. The number of non-ortho nitro benzene ring substituents is 2. The van der Waals surface area contributed by atoms with E-state index in [0.717, 1.165) is 11.1 Å². The molecule has 0 radical (unpaired) electrons. The van der Waals surface area contributed by atoms with Crippen LogP contribution in [0.1, 0.15) is 73.6 Å². The normalized spacial score (nSPS) is 11.2. The van der Waals surface area contributed by atoms with Gasteiger partial charge in [0.15, 0.2) is 0 Å². The average Bonchev–Trinajstić information content (AvgIpc) is 3.31. The van der Waals surface area contributed by atoms with Crippen LogP contribution >= 0.6 is 0 Å². The number of nitrogens with zero attached hydrogens (tertiary/aromatic N) is 2. The van der Waals surface area contributed by atoms with Gasteiger partial charge in [-0.15, -0.1) is 0 Å². The Balaban J connectivity index is 1.34. The molecule has 0 aliphatic rings. The number of hydrogen-bond donors (Lipinski definition) is 0. The van der Waals surface area contributed by atoms with Gasteiger partial charge in [0.1, 0.15) is 24.7 Å². The number of esters is 4. The fraction of sp³-hybridized carbons (Fsp3) is 0.347. The summed E-state index contributed by atoms with van der Waals surface area (Å²) in [5, 5.41) is 22.8. The van der Waals surface area contributed by atoms with E-state index in [1.165, 1.54) is 50.6 Å². The molecule has 4 aromatic rings. The second-order valence-electron chi connectivity index (χ2n) is 15.2. The Morgan fingerprint density at radius 1 is 0.523 bits per heavy atom. The second kappa shape index (κ2) is 27.0. The van der Waals surface area contributed by atoms with Crippen LogP contribution < -0.4 is 9.47 Å². The Morgan fingerprint density at radius 3 is 1.23 bits per heavy atom. The summed E-state index contributed by atoms with van der Waals surface area (Å²) < 4.78 is 32.6. The van der Waals surface area contributed by atoms with Gasteiger partial charge in [0.25, 0.3) is 11.4 Å². The van der Waals surface area contributed by atoms with Gasteiger partial charge in [0, 0.05) is 54.7 Å². The van der Waals surface area contributed by atoms with Crippen molar-refractivity contribution in [2.45, 2.75) is 64.2 Å². The molecule has 16 nitrogen and oxygen atoms in total. The zero-order valence-corrected chi connectivity index (χ0v) is 36.6. The third kappa shape index (κ3) is 18.9. The second-order valence-corrected chi connectivity index (χ2v) is 15.2. The van der Waals surface area contributed by atoms with E-state index in [1.807, 2.05) is 24.3 Å². The maximum absolute atomic E-state index is 13.2. The summed E-state index contributed by atoms with van der Waals surface area (Å²) in [6, 6.07) is 26.3. The van der Waals surface area contributed by atoms with E-state index in [0.29, 0.717) is 74.4 Å². The monoisotopic (exact) mass is 894 g/mol. The van der Waals surface area contributed by atoms with Crippen LogP contribution in [0.25, 0.3) is 12.2 Å². The first kappa shape index (κ1) is 50.3. The van der Waals surface area contributed by atoms with Gasteiger partial charge in [-0.25, -0.2) is 9.59 Å². The molecule has 0 unspecified atom stereocenters. The Hall–Kier alpha value is -7.36. The molecule has 0 atom stereocenters. The number of carbonyl (C=O) groups excluding carboxylic acids is 4. The zero-order valence-electron chi connectivity index (χ0n) is 36.6. The topological polar surface area (TPSA) is 210 Å². The van der Waals surface area contributed by atoms with Crippen molar-refractivity contribution in [2.75, 3.05) is 40.6 Å². The first-order chi connectivity index (χ1) is 31.4. The molecule has 0 aliphatic heterocycles. The van der Waals surface area contributed by atoms with Crippen molar-refractivity contribution in [1.82, 2.24) is 0 Å². The molecule has 0 spiro atoms. The molecule has 0 aromatic heterocycles. The summed E-state index contributed by atoms with van der Waals surface area (Å²) in [5.74, 6) is -0.493. The number of methoxy groups -OCH3 is 2. The van der Waals surface area contributed by atoms with Crippen molar-refractivity contribution in [3.8, 4) is 11.5 Å². The van der Waals surface area contributed by atoms with Gasteiger partial charge < -0.3 is 28.4 Å². The smallest absolute Gasteiger partial charge is 0.330 e. The highest BCUT2D eigenvalue weighted by Crippen LogP contribution is 2.32. The van der Waals surface area contributed by atoms with Gasteiger partial charge in [0.05, 0.1) is 37.3 Å². The van der Waals surface area contributed by atoms with Gasteiger partial charge in [-0.05, 0) is 110 Å². The Kier molecular flexibility index (Phi) is 20.9. The predicted molar refractivity (Wildman–Crippen MR) is 241 cm³/mol. The summed E-state index contributed by atoms with van der Waals surface area (Å²) in [6.07, 6.45) is 10.3. The van der Waals surface area contributed by atoms with E-state index < -0.39 is 39.1 Å². The predicted octanol–water partition coefficient (Wildman–Crippen LogP) is 9.01. The molecule has 4 rings (SSSR count). The summed E-state index contributed by atoms with van der Waals surface area (Å²) >= 11 is 0. The average molecular weight is 895 g/mol. The fourth-order valence-electron chi connectivity index (χ4n) is 6.55. The Labute approximate surface area is 377 Å². The van der Waals surface area contributed by atoms with Gasteiger partial charge >= 0.3 is 23.9 Å². The van der Waals surface area contributed by atoms with Crippen LogP contribution in [0.4, 0.5) is 11.4 Å². The third-order valence-corrected chi connectivity index (χ3v) is 10.1. The zero-order chi connectivity index (χ0) is 46.9. The van der Waals surface area contributed by atoms with Crippen LogP contribution in [-0.4, -0.2) is 74.4 Å². The van der Waals surface area contributed by atoms with Gasteiger partial charge in [-0.3, -0.25) is 29.8 Å². The Bertz CT molecular complexity index is 2060. The van der Waals surface area contributed by atoms with Crippen molar-refractivity contribution >= 4 is 47.4 Å². The van der Waals surface area contributed by atoms with E-state index in [1.54, 1.807) is 60.7 Å². The molecule has 0 amide bonds. The SMILES string of the molecule is COC(=O)/C=C/c1ccc(OCCCCCC(=O)OCC(COC(=O)CCCCCOc2ccc(/C=C/C(=O)OC)cc2)(Cc2ccc([N+](=O)[O-])cc2)Cc2ccc([N+](=O)[O-])cc2)cc1. The van der Waals surface area contributed by atoms with E-state index in [4.69, 9.17) is 18.9 Å². The summed E-state index contributed by atoms with van der Waals surface area (Å²) in [5.41, 5.74) is 1.71. The van der Waals surface area contributed by atoms with E-state index in [-0.39, 0.29) is 50.3 Å². The van der Waals surface area contributed by atoms with Crippen molar-refractivity contribution in [2.24, 2.45) is 5.41 Å². The molecule has 344 valence electrons. The minimum absolute atomic E-state index is 0.103. The molecule has 0 heterocycles. The number of hydrogen-bond acceptors (Lipinski definition) is 14. The maximum atomic E-state index is 13.2. The summed E-state index contributed by atoms with van der Waals surface area (Å²) in [7, 11) is 2.62. The van der Waals surface area contributed by atoms with Crippen molar-refractivity contribution in [1.29, 1.82) is 0 Å². The lowest BCUT2D eigenvalue weighted by Gasteiger charge is -2.33. The molecule has 65 heavy (non-hydrogen) atoms. The molecule has 0 N–H and O–H groups in total. The van der Waals surface area contributed by atoms with E-state index in [2.05, 4.69) is 9.47 Å².